The molecule has 6 heteroatoms. The number of nitrogens with zero attached hydrogens (tertiary/aromatic N) is 2. The van der Waals surface area contributed by atoms with Crippen LogP contribution >= 0.6 is 11.5 Å². The van der Waals surface area contributed by atoms with Gasteiger partial charge in [-0.05, 0) is 54.4 Å². The second-order valence-electron chi connectivity index (χ2n) is 8.48. The van der Waals surface area contributed by atoms with Gasteiger partial charge in [0.25, 0.3) is 5.91 Å². The van der Waals surface area contributed by atoms with E-state index in [0.717, 1.165) is 16.3 Å². The normalized spacial score (nSPS) is 19.5. The summed E-state index contributed by atoms with van der Waals surface area (Å²) in [7, 11) is 0. The van der Waals surface area contributed by atoms with Crippen molar-refractivity contribution in [2.45, 2.75) is 58.4 Å². The Balaban J connectivity index is 1.65. The van der Waals surface area contributed by atoms with Crippen molar-refractivity contribution in [1.82, 2.24) is 9.27 Å². The van der Waals surface area contributed by atoms with E-state index in [9.17, 15) is 9.59 Å². The number of aryl methyl sites for hydroxylation is 1. The molecule has 1 N–H and O–H groups in total. The van der Waals surface area contributed by atoms with Gasteiger partial charge >= 0.3 is 0 Å². The summed E-state index contributed by atoms with van der Waals surface area (Å²) in [6.45, 7) is 10.8. The lowest BCUT2D eigenvalue weighted by Crippen LogP contribution is -2.66. The van der Waals surface area contributed by atoms with E-state index in [2.05, 4.69) is 42.6 Å². The van der Waals surface area contributed by atoms with Crippen LogP contribution in [0.4, 0.5) is 5.00 Å². The van der Waals surface area contributed by atoms with Crippen LogP contribution in [0.2, 0.25) is 0 Å². The summed E-state index contributed by atoms with van der Waals surface area (Å²) in [6, 6.07) is 10.0. The van der Waals surface area contributed by atoms with Crippen LogP contribution in [-0.2, 0) is 21.4 Å². The van der Waals surface area contributed by atoms with E-state index in [-0.39, 0.29) is 17.2 Å². The highest BCUT2D eigenvalue weighted by molar-refractivity contribution is 7.10. The van der Waals surface area contributed by atoms with Gasteiger partial charge in [0, 0.05) is 6.54 Å². The molecule has 2 heterocycles. The van der Waals surface area contributed by atoms with Gasteiger partial charge in [-0.1, -0.05) is 45.0 Å². The molecule has 0 bridgehead atoms. The van der Waals surface area contributed by atoms with Gasteiger partial charge in [-0.3, -0.25) is 9.59 Å². The molecule has 1 aliphatic heterocycles. The maximum Gasteiger partial charge on any atom is 0.250 e. The fourth-order valence-electron chi connectivity index (χ4n) is 3.26. The topological polar surface area (TPSA) is 62.3 Å². The first kappa shape index (κ1) is 19.5. The molecule has 1 unspecified atom stereocenters. The molecule has 1 saturated heterocycles. The van der Waals surface area contributed by atoms with Crippen LogP contribution in [0, 0.1) is 6.92 Å². The number of nitrogens with one attached hydrogen (secondary N) is 1. The Kier molecular flexibility index (Phi) is 5.12. The first-order valence-electron chi connectivity index (χ1n) is 9.24. The molecule has 5 nitrogen and oxygen atoms in total. The van der Waals surface area contributed by atoms with Crippen molar-refractivity contribution in [1.29, 1.82) is 0 Å². The predicted molar refractivity (Wildman–Crippen MR) is 109 cm³/mol. The number of carbonyl (C=O) groups is 2. The second-order valence-corrected chi connectivity index (χ2v) is 9.28. The smallest absolute Gasteiger partial charge is 0.250 e. The number of likely N-dealkylation sites (tertiary alicyclic amines) is 1. The molecule has 2 aromatic rings. The Labute approximate surface area is 164 Å². The minimum absolute atomic E-state index is 0.0112. The molecule has 0 radical (unpaired) electrons. The predicted octanol–water partition coefficient (Wildman–Crippen LogP) is 3.92. The van der Waals surface area contributed by atoms with Crippen LogP contribution in [0.5, 0.6) is 0 Å². The molecule has 1 aromatic heterocycles. The van der Waals surface area contributed by atoms with Gasteiger partial charge < -0.3 is 10.2 Å². The summed E-state index contributed by atoms with van der Waals surface area (Å²) < 4.78 is 4.18. The third-order valence-electron chi connectivity index (χ3n) is 5.25. The fourth-order valence-corrected chi connectivity index (χ4v) is 3.91. The molecule has 3 rings (SSSR count). The summed E-state index contributed by atoms with van der Waals surface area (Å²) >= 11 is 1.26. The van der Waals surface area contributed by atoms with Crippen LogP contribution in [-0.4, -0.2) is 33.2 Å². The maximum absolute atomic E-state index is 12.8. The number of rotatable bonds is 4. The van der Waals surface area contributed by atoms with Crippen molar-refractivity contribution in [3.8, 4) is 0 Å². The summed E-state index contributed by atoms with van der Waals surface area (Å²) in [5.74, 6) is -0.156. The summed E-state index contributed by atoms with van der Waals surface area (Å²) in [6.07, 6.45) is 0.984. The van der Waals surface area contributed by atoms with E-state index in [0.29, 0.717) is 19.4 Å². The average Bonchev–Trinajstić information content (AvgIpc) is 2.97. The van der Waals surface area contributed by atoms with Crippen LogP contribution in [0.1, 0.15) is 50.9 Å². The fraction of sp³-hybridized carbons (Fsp3) is 0.476. The zero-order valence-corrected chi connectivity index (χ0v) is 17.4. The van der Waals surface area contributed by atoms with Gasteiger partial charge in [-0.2, -0.15) is 4.37 Å². The number of anilines is 1. The Morgan fingerprint density at radius 3 is 2.41 bits per heavy atom. The minimum Gasteiger partial charge on any atom is -0.328 e. The lowest BCUT2D eigenvalue weighted by molar-refractivity contribution is -0.154. The lowest BCUT2D eigenvalue weighted by Gasteiger charge is -2.49. The third-order valence-corrected chi connectivity index (χ3v) is 6.04. The van der Waals surface area contributed by atoms with Crippen LogP contribution in [0.25, 0.3) is 0 Å². The van der Waals surface area contributed by atoms with E-state index < -0.39 is 5.54 Å². The van der Waals surface area contributed by atoms with Crippen LogP contribution < -0.4 is 5.32 Å². The van der Waals surface area contributed by atoms with E-state index in [1.54, 1.807) is 4.90 Å². The molecule has 1 aliphatic rings. The number of hydrogen-bond donors (Lipinski definition) is 1. The highest BCUT2D eigenvalue weighted by Crippen LogP contribution is 2.33. The van der Waals surface area contributed by atoms with Gasteiger partial charge in [0.2, 0.25) is 5.91 Å². The standard InChI is InChI=1S/C21H27N3O2S/c1-14-12-17(27-23-14)22-19(26)21(5)10-11-24(21)18(25)13-15-6-8-16(9-7-15)20(2,3)4/h6-9,12H,10-11,13H2,1-5H3,(H,22,26). The highest BCUT2D eigenvalue weighted by Gasteiger charge is 2.49. The lowest BCUT2D eigenvalue weighted by atomic mass is 9.84. The Morgan fingerprint density at radius 1 is 1.26 bits per heavy atom. The number of amides is 2. The molecule has 0 aliphatic carbocycles. The molecule has 144 valence electrons. The van der Waals surface area contributed by atoms with Crippen molar-refractivity contribution in [3.05, 3.63) is 47.2 Å². The van der Waals surface area contributed by atoms with Gasteiger partial charge in [0.1, 0.15) is 10.5 Å². The molecular formula is C21H27N3O2S. The van der Waals surface area contributed by atoms with Crippen molar-refractivity contribution in [2.24, 2.45) is 0 Å². The van der Waals surface area contributed by atoms with E-state index >= 15 is 0 Å². The summed E-state index contributed by atoms with van der Waals surface area (Å²) in [5, 5.41) is 3.62. The third kappa shape index (κ3) is 4.05. The molecule has 0 spiro atoms. The molecule has 1 atom stereocenters. The first-order chi connectivity index (χ1) is 12.6. The van der Waals surface area contributed by atoms with E-state index in [1.807, 2.05) is 32.0 Å². The van der Waals surface area contributed by atoms with E-state index in [1.165, 1.54) is 17.1 Å². The largest absolute Gasteiger partial charge is 0.328 e. The molecule has 0 saturated carbocycles. The zero-order chi connectivity index (χ0) is 19.8. The quantitative estimate of drug-likeness (QED) is 0.868. The number of hydrogen-bond acceptors (Lipinski definition) is 4. The Morgan fingerprint density at radius 2 is 1.93 bits per heavy atom. The summed E-state index contributed by atoms with van der Waals surface area (Å²) in [4.78, 5) is 27.2. The Bertz CT molecular complexity index is 851. The van der Waals surface area contributed by atoms with Gasteiger partial charge in [0.05, 0.1) is 12.1 Å². The number of benzene rings is 1. The van der Waals surface area contributed by atoms with Gasteiger partial charge in [-0.25, -0.2) is 0 Å². The number of carbonyl (C=O) groups excluding carboxylic acids is 2. The van der Waals surface area contributed by atoms with Crippen molar-refractivity contribution in [3.63, 3.8) is 0 Å². The molecule has 27 heavy (non-hydrogen) atoms. The SMILES string of the molecule is Cc1cc(NC(=O)C2(C)CCN2C(=O)Cc2ccc(C(C)(C)C)cc2)sn1. The van der Waals surface area contributed by atoms with Crippen molar-refractivity contribution >= 4 is 28.3 Å². The average molecular weight is 386 g/mol. The van der Waals surface area contributed by atoms with Gasteiger partial charge in [0.15, 0.2) is 0 Å². The summed E-state index contributed by atoms with van der Waals surface area (Å²) in [5.41, 5.74) is 2.39. The van der Waals surface area contributed by atoms with Crippen molar-refractivity contribution < 1.29 is 9.59 Å². The monoisotopic (exact) mass is 385 g/mol. The van der Waals surface area contributed by atoms with Crippen LogP contribution in [0.3, 0.4) is 0 Å². The maximum atomic E-state index is 12.8. The molecule has 1 aromatic carbocycles. The molecular weight excluding hydrogens is 358 g/mol. The first-order valence-corrected chi connectivity index (χ1v) is 10.0. The minimum atomic E-state index is -0.791. The molecule has 2 amide bonds. The Hall–Kier alpha value is -2.21. The second kappa shape index (κ2) is 7.08. The van der Waals surface area contributed by atoms with Crippen LogP contribution in [0.15, 0.2) is 30.3 Å². The highest BCUT2D eigenvalue weighted by atomic mass is 32.1. The zero-order valence-electron chi connectivity index (χ0n) is 16.6. The van der Waals surface area contributed by atoms with Crippen molar-refractivity contribution in [2.75, 3.05) is 11.9 Å². The molecule has 1 fully saturated rings. The van der Waals surface area contributed by atoms with Gasteiger partial charge in [-0.15, -0.1) is 0 Å². The number of aromatic nitrogens is 1. The van der Waals surface area contributed by atoms with E-state index in [4.69, 9.17) is 0 Å².